The lowest BCUT2D eigenvalue weighted by Crippen LogP contribution is -1.98. The van der Waals surface area contributed by atoms with Gasteiger partial charge in [0, 0.05) is 11.8 Å². The summed E-state index contributed by atoms with van der Waals surface area (Å²) in [6.07, 6.45) is 10.3. The van der Waals surface area contributed by atoms with Gasteiger partial charge < -0.3 is 4.74 Å². The maximum absolute atomic E-state index is 11.1. The van der Waals surface area contributed by atoms with Crippen LogP contribution in [0.5, 0.6) is 0 Å². The van der Waals surface area contributed by atoms with Crippen LogP contribution < -0.4 is 0 Å². The minimum absolute atomic E-state index is 0.331. The second-order valence-electron chi connectivity index (χ2n) is 3.61. The first kappa shape index (κ1) is 12.1. The number of hydrogen-bond acceptors (Lipinski definition) is 3. The average molecular weight is 242 g/mol. The van der Waals surface area contributed by atoms with Crippen molar-refractivity contribution in [3.8, 4) is 0 Å². The van der Waals surface area contributed by atoms with Crippen LogP contribution in [0, 0.1) is 0 Å². The lowest BCUT2D eigenvalue weighted by molar-refractivity contribution is -0.137. The van der Waals surface area contributed by atoms with Gasteiger partial charge in [0.1, 0.15) is 0 Å². The molecule has 2 aromatic heterocycles. The molecule has 0 spiro atoms. The zero-order valence-electron chi connectivity index (χ0n) is 10.1. The summed E-state index contributed by atoms with van der Waals surface area (Å²) in [6, 6.07) is 5.92. The Bertz CT molecular complexity index is 597. The molecule has 0 aliphatic carbocycles. The molecule has 0 bridgehead atoms. The van der Waals surface area contributed by atoms with Crippen LogP contribution in [0.2, 0.25) is 0 Å². The Morgan fingerprint density at radius 1 is 1.44 bits per heavy atom. The van der Waals surface area contributed by atoms with Gasteiger partial charge in [-0.25, -0.2) is 9.78 Å². The first-order chi connectivity index (χ1) is 8.81. The highest BCUT2D eigenvalue weighted by Gasteiger charge is 1.95. The zero-order chi connectivity index (χ0) is 12.8. The predicted octanol–water partition coefficient (Wildman–Crippen LogP) is 2.47. The number of aromatic nitrogens is 2. The number of carbonyl (C=O) groups is 1. The number of ether oxygens (including phenoxy) is 1. The zero-order valence-corrected chi connectivity index (χ0v) is 10.1. The van der Waals surface area contributed by atoms with Gasteiger partial charge in [-0.1, -0.05) is 18.2 Å². The normalized spacial score (nSPS) is 11.6. The van der Waals surface area contributed by atoms with Crippen molar-refractivity contribution in [2.24, 2.45) is 0 Å². The van der Waals surface area contributed by atoms with E-state index in [2.05, 4.69) is 4.98 Å². The van der Waals surface area contributed by atoms with Crippen molar-refractivity contribution < 1.29 is 9.53 Å². The molecule has 0 amide bonds. The van der Waals surface area contributed by atoms with Gasteiger partial charge in [-0.05, 0) is 25.1 Å². The Morgan fingerprint density at radius 2 is 2.33 bits per heavy atom. The summed E-state index contributed by atoms with van der Waals surface area (Å²) in [7, 11) is 0. The molecule has 0 radical (unpaired) electrons. The number of nitrogens with zero attached hydrogens (tertiary/aromatic N) is 2. The maximum atomic E-state index is 11.1. The molecule has 2 heterocycles. The fraction of sp³-hybridized carbons (Fsp3) is 0.143. The first-order valence-electron chi connectivity index (χ1n) is 5.74. The maximum Gasteiger partial charge on any atom is 0.330 e. The Balaban J connectivity index is 2.09. The highest BCUT2D eigenvalue weighted by Crippen LogP contribution is 2.08. The molecule has 0 aliphatic heterocycles. The van der Waals surface area contributed by atoms with Crippen molar-refractivity contribution in [1.82, 2.24) is 9.38 Å². The number of carbonyl (C=O) groups excluding carboxylic acids is 1. The van der Waals surface area contributed by atoms with Crippen LogP contribution >= 0.6 is 0 Å². The molecule has 0 N–H and O–H groups in total. The Morgan fingerprint density at radius 3 is 3.17 bits per heavy atom. The van der Waals surface area contributed by atoms with Crippen LogP contribution in [0.4, 0.5) is 0 Å². The fourth-order valence-electron chi connectivity index (χ4n) is 1.58. The highest BCUT2D eigenvalue weighted by molar-refractivity contribution is 5.82. The Hall–Kier alpha value is -2.36. The summed E-state index contributed by atoms with van der Waals surface area (Å²) in [5.41, 5.74) is 2.03. The van der Waals surface area contributed by atoms with E-state index in [-0.39, 0.29) is 5.97 Å². The van der Waals surface area contributed by atoms with E-state index in [1.54, 1.807) is 31.6 Å². The second-order valence-corrected chi connectivity index (χ2v) is 3.61. The summed E-state index contributed by atoms with van der Waals surface area (Å²) >= 11 is 0. The molecule has 92 valence electrons. The molecule has 0 saturated heterocycles. The number of esters is 1. The third kappa shape index (κ3) is 2.85. The van der Waals surface area contributed by atoms with E-state index in [4.69, 9.17) is 4.74 Å². The first-order valence-corrected chi connectivity index (χ1v) is 5.74. The molecular formula is C14H14N2O2. The summed E-state index contributed by atoms with van der Waals surface area (Å²) in [5.74, 6) is -0.331. The van der Waals surface area contributed by atoms with Crippen molar-refractivity contribution >= 4 is 17.6 Å². The monoisotopic (exact) mass is 242 g/mol. The van der Waals surface area contributed by atoms with Crippen LogP contribution in [0.1, 0.15) is 12.6 Å². The smallest absolute Gasteiger partial charge is 0.330 e. The van der Waals surface area contributed by atoms with E-state index in [0.717, 1.165) is 11.2 Å². The average Bonchev–Trinajstić information content (AvgIpc) is 2.84. The van der Waals surface area contributed by atoms with Crippen LogP contribution in [-0.4, -0.2) is 22.0 Å². The number of fused-ring (bicyclic) bond motifs is 1. The van der Waals surface area contributed by atoms with Gasteiger partial charge in [0.15, 0.2) is 0 Å². The SMILES string of the molecule is CCOC(=O)C=CC=Cc1cccc2cncn12. The second kappa shape index (κ2) is 5.82. The van der Waals surface area contributed by atoms with Gasteiger partial charge in [-0.15, -0.1) is 0 Å². The van der Waals surface area contributed by atoms with Crippen LogP contribution in [0.25, 0.3) is 11.6 Å². The number of pyridine rings is 1. The van der Waals surface area contributed by atoms with E-state index < -0.39 is 0 Å². The topological polar surface area (TPSA) is 43.6 Å². The van der Waals surface area contributed by atoms with E-state index >= 15 is 0 Å². The molecule has 0 saturated carbocycles. The van der Waals surface area contributed by atoms with Crippen molar-refractivity contribution in [2.75, 3.05) is 6.61 Å². The fourth-order valence-corrected chi connectivity index (χ4v) is 1.58. The van der Waals surface area contributed by atoms with E-state index in [1.165, 1.54) is 6.08 Å². The molecule has 0 atom stereocenters. The lowest BCUT2D eigenvalue weighted by Gasteiger charge is -1.98. The van der Waals surface area contributed by atoms with Gasteiger partial charge in [-0.2, -0.15) is 0 Å². The highest BCUT2D eigenvalue weighted by atomic mass is 16.5. The minimum atomic E-state index is -0.331. The van der Waals surface area contributed by atoms with E-state index in [9.17, 15) is 4.79 Å². The van der Waals surface area contributed by atoms with Crippen molar-refractivity contribution in [1.29, 1.82) is 0 Å². The van der Waals surface area contributed by atoms with Crippen LogP contribution in [0.15, 0.2) is 49.0 Å². The van der Waals surface area contributed by atoms with E-state index in [0.29, 0.717) is 6.61 Å². The number of rotatable bonds is 4. The molecule has 4 nitrogen and oxygen atoms in total. The molecular weight excluding hydrogens is 228 g/mol. The number of allylic oxidation sites excluding steroid dienone is 2. The molecule has 2 aromatic rings. The van der Waals surface area contributed by atoms with Gasteiger partial charge >= 0.3 is 5.97 Å². The molecule has 4 heteroatoms. The third-order valence-corrected chi connectivity index (χ3v) is 2.38. The molecule has 0 unspecified atom stereocenters. The van der Waals surface area contributed by atoms with Crippen LogP contribution in [-0.2, 0) is 9.53 Å². The standard InChI is InChI=1S/C14H14N2O2/c1-2-18-14(17)9-4-3-6-12-7-5-8-13-10-15-11-16(12)13/h3-11H,2H2,1H3. The molecule has 0 aromatic carbocycles. The summed E-state index contributed by atoms with van der Waals surface area (Å²) < 4.78 is 6.74. The van der Waals surface area contributed by atoms with Crippen molar-refractivity contribution in [3.63, 3.8) is 0 Å². The Labute approximate surface area is 105 Å². The number of imidazole rings is 1. The van der Waals surface area contributed by atoms with Gasteiger partial charge in [0.05, 0.1) is 24.6 Å². The molecule has 2 rings (SSSR count). The molecule has 18 heavy (non-hydrogen) atoms. The molecule has 0 aliphatic rings. The quantitative estimate of drug-likeness (QED) is 0.470. The lowest BCUT2D eigenvalue weighted by atomic mass is 10.3. The predicted molar refractivity (Wildman–Crippen MR) is 70.0 cm³/mol. The summed E-state index contributed by atoms with van der Waals surface area (Å²) in [6.45, 7) is 2.17. The molecule has 0 fully saturated rings. The summed E-state index contributed by atoms with van der Waals surface area (Å²) in [5, 5.41) is 0. The van der Waals surface area contributed by atoms with Crippen molar-refractivity contribution in [3.05, 3.63) is 54.6 Å². The minimum Gasteiger partial charge on any atom is -0.463 e. The summed E-state index contributed by atoms with van der Waals surface area (Å²) in [4.78, 5) is 15.1. The van der Waals surface area contributed by atoms with Crippen molar-refractivity contribution in [2.45, 2.75) is 6.92 Å². The van der Waals surface area contributed by atoms with Gasteiger partial charge in [-0.3, -0.25) is 4.40 Å². The Kier molecular flexibility index (Phi) is 3.91. The largest absolute Gasteiger partial charge is 0.463 e. The van der Waals surface area contributed by atoms with Gasteiger partial charge in [0.25, 0.3) is 0 Å². The number of hydrogen-bond donors (Lipinski definition) is 0. The third-order valence-electron chi connectivity index (χ3n) is 2.38. The van der Waals surface area contributed by atoms with Gasteiger partial charge in [0.2, 0.25) is 0 Å². The van der Waals surface area contributed by atoms with E-state index in [1.807, 2.05) is 28.7 Å². The van der Waals surface area contributed by atoms with Crippen LogP contribution in [0.3, 0.4) is 0 Å².